The minimum Gasteiger partial charge on any atom is -0.497 e. The maximum atomic E-state index is 14.8. The predicted octanol–water partition coefficient (Wildman–Crippen LogP) is 6.01. The summed E-state index contributed by atoms with van der Waals surface area (Å²) in [4.78, 5) is 31.1. The van der Waals surface area contributed by atoms with Gasteiger partial charge in [0.25, 0.3) is 5.91 Å². The number of carbonyl (C=O) groups excluding carboxylic acids is 2. The highest BCUT2D eigenvalue weighted by Gasteiger charge is 2.66. The molecule has 232 valence electrons. The first-order valence-corrected chi connectivity index (χ1v) is 19.0. The van der Waals surface area contributed by atoms with E-state index < -0.39 is 13.7 Å². The first kappa shape index (κ1) is 30.8. The summed E-state index contributed by atoms with van der Waals surface area (Å²) in [6.07, 6.45) is 2.61. The molecule has 7 nitrogen and oxygen atoms in total. The summed E-state index contributed by atoms with van der Waals surface area (Å²) < 4.78 is 12.4. The van der Waals surface area contributed by atoms with Crippen molar-refractivity contribution in [2.45, 2.75) is 69.5 Å². The number of hydrogen-bond acceptors (Lipinski definition) is 5. The van der Waals surface area contributed by atoms with Gasteiger partial charge in [-0.15, -0.1) is 0 Å². The van der Waals surface area contributed by atoms with Crippen molar-refractivity contribution in [1.29, 1.82) is 0 Å². The molecule has 0 saturated carbocycles. The topological polar surface area (TPSA) is 79.3 Å². The van der Waals surface area contributed by atoms with Crippen LogP contribution in [0.5, 0.6) is 5.75 Å². The number of halogens is 1. The Hall–Kier alpha value is -3.17. The summed E-state index contributed by atoms with van der Waals surface area (Å²) in [6.45, 7) is 7.81. The fourth-order valence-electron chi connectivity index (χ4n) is 7.92. The van der Waals surface area contributed by atoms with Crippen molar-refractivity contribution in [2.24, 2.45) is 5.92 Å². The van der Waals surface area contributed by atoms with E-state index in [1.807, 2.05) is 64.4 Å². The average molecular weight is 633 g/mol. The lowest BCUT2D eigenvalue weighted by Gasteiger charge is -2.37. The molecule has 3 aromatic carbocycles. The van der Waals surface area contributed by atoms with Crippen LogP contribution in [-0.2, 0) is 26.5 Å². The monoisotopic (exact) mass is 632 g/mol. The Morgan fingerprint density at radius 3 is 2.55 bits per heavy atom. The Labute approximate surface area is 265 Å². The van der Waals surface area contributed by atoms with Gasteiger partial charge < -0.3 is 24.4 Å². The van der Waals surface area contributed by atoms with Gasteiger partial charge in [0.05, 0.1) is 33.5 Å². The molecule has 0 radical (unpaired) electrons. The van der Waals surface area contributed by atoms with E-state index in [4.69, 9.17) is 21.1 Å². The molecule has 2 fully saturated rings. The van der Waals surface area contributed by atoms with E-state index in [1.165, 1.54) is 5.19 Å². The second-order valence-corrected chi connectivity index (χ2v) is 18.0. The molecule has 3 heterocycles. The molecular weight excluding hydrogens is 592 g/mol. The number of nitrogens with zero attached hydrogens (tertiary/aromatic N) is 2. The number of amides is 2. The van der Waals surface area contributed by atoms with E-state index >= 15 is 0 Å². The number of anilines is 2. The van der Waals surface area contributed by atoms with Crippen molar-refractivity contribution >= 4 is 48.1 Å². The van der Waals surface area contributed by atoms with Crippen LogP contribution in [-0.4, -0.2) is 51.4 Å². The predicted molar refractivity (Wildman–Crippen MR) is 177 cm³/mol. The van der Waals surface area contributed by atoms with Crippen LogP contribution in [0.4, 0.5) is 11.4 Å². The summed E-state index contributed by atoms with van der Waals surface area (Å²) in [5.41, 5.74) is 2.21. The normalized spacial score (nSPS) is 25.2. The van der Waals surface area contributed by atoms with Crippen LogP contribution in [0.1, 0.15) is 43.7 Å². The van der Waals surface area contributed by atoms with Gasteiger partial charge in [-0.25, -0.2) is 0 Å². The number of methoxy groups -OCH3 is 1. The Kier molecular flexibility index (Phi) is 8.39. The second kappa shape index (κ2) is 12.0. The highest BCUT2D eigenvalue weighted by Crippen LogP contribution is 2.60. The van der Waals surface area contributed by atoms with Gasteiger partial charge in [0, 0.05) is 41.8 Å². The Bertz CT molecular complexity index is 1560. The van der Waals surface area contributed by atoms with Gasteiger partial charge in [-0.2, -0.15) is 0 Å². The first-order valence-electron chi connectivity index (χ1n) is 15.6. The van der Waals surface area contributed by atoms with Crippen molar-refractivity contribution in [3.05, 3.63) is 82.9 Å². The third-order valence-corrected chi connectivity index (χ3v) is 14.7. The highest BCUT2D eigenvalue weighted by molar-refractivity contribution is 6.91. The van der Waals surface area contributed by atoms with Crippen molar-refractivity contribution in [3.63, 3.8) is 0 Å². The summed E-state index contributed by atoms with van der Waals surface area (Å²) >= 11 is 6.59. The summed E-state index contributed by atoms with van der Waals surface area (Å²) in [6, 6.07) is 21.8. The number of piperidine rings is 1. The lowest BCUT2D eigenvalue weighted by molar-refractivity contribution is -0.146. The number of carbonyl (C=O) groups is 2. The number of fused-ring (bicyclic) bond motifs is 2. The van der Waals surface area contributed by atoms with Crippen molar-refractivity contribution in [1.82, 2.24) is 0 Å². The van der Waals surface area contributed by atoms with Gasteiger partial charge in [-0.1, -0.05) is 61.1 Å². The largest absolute Gasteiger partial charge is 0.497 e. The Balaban J connectivity index is 1.39. The summed E-state index contributed by atoms with van der Waals surface area (Å²) in [7, 11) is -0.604. The molecule has 2 amide bonds. The fourth-order valence-corrected chi connectivity index (χ4v) is 12.2. The lowest BCUT2D eigenvalue weighted by Crippen LogP contribution is -2.51. The van der Waals surface area contributed by atoms with E-state index in [-0.39, 0.29) is 36.0 Å². The molecule has 4 atom stereocenters. The van der Waals surface area contributed by atoms with Gasteiger partial charge in [-0.05, 0) is 72.8 Å². The zero-order valence-corrected chi connectivity index (χ0v) is 27.6. The molecule has 3 aliphatic rings. The quantitative estimate of drug-likeness (QED) is 0.308. The number of hydrogen-bond donors (Lipinski definition) is 1. The number of rotatable bonds is 8. The van der Waals surface area contributed by atoms with Crippen molar-refractivity contribution < 1.29 is 24.2 Å². The van der Waals surface area contributed by atoms with Gasteiger partial charge in [0.2, 0.25) is 5.91 Å². The van der Waals surface area contributed by atoms with E-state index in [1.54, 1.807) is 7.11 Å². The van der Waals surface area contributed by atoms with Gasteiger partial charge >= 0.3 is 0 Å². The molecule has 1 spiro atoms. The molecule has 9 heteroatoms. The summed E-state index contributed by atoms with van der Waals surface area (Å²) in [5, 5.41) is 11.9. The van der Waals surface area contributed by atoms with E-state index in [0.29, 0.717) is 31.0 Å². The lowest BCUT2D eigenvalue weighted by atomic mass is 9.82. The zero-order valence-electron chi connectivity index (χ0n) is 25.9. The smallest absolute Gasteiger partial charge is 0.264 e. The highest BCUT2D eigenvalue weighted by atomic mass is 35.5. The number of benzene rings is 3. The van der Waals surface area contributed by atoms with Crippen molar-refractivity contribution in [3.8, 4) is 5.75 Å². The standard InChI is InChI=1S/C35H41ClN2O5Si/c1-23-33(44(3,4)28-14-12-27(42-2)13-15-28)31(17-19-39)43-35(23)29-21-25(36)11-16-30(29)38(34(35)41)22-24-8-7-9-26(20-24)37-18-6-5-10-32(37)40/h7-9,11-16,20-21,23,31,33,39H,5-6,10,17-19,22H2,1-4H3/t23-,31+,33-,35+/m1/s1. The molecule has 0 aromatic heterocycles. The van der Waals surface area contributed by atoms with E-state index in [2.05, 4.69) is 32.2 Å². The molecule has 6 rings (SSSR count). The molecular formula is C35H41ClN2O5Si. The Morgan fingerprint density at radius 2 is 1.84 bits per heavy atom. The third kappa shape index (κ3) is 5.06. The molecule has 2 saturated heterocycles. The molecule has 0 bridgehead atoms. The molecule has 44 heavy (non-hydrogen) atoms. The number of ether oxygens (including phenoxy) is 2. The van der Waals surface area contributed by atoms with E-state index in [0.717, 1.165) is 41.1 Å². The van der Waals surface area contributed by atoms with Gasteiger partial charge in [-0.3, -0.25) is 9.59 Å². The average Bonchev–Trinajstić information content (AvgIpc) is 3.44. The van der Waals surface area contributed by atoms with Crippen LogP contribution in [0.25, 0.3) is 0 Å². The van der Waals surface area contributed by atoms with Crippen LogP contribution in [0, 0.1) is 5.92 Å². The zero-order chi connectivity index (χ0) is 31.2. The number of aliphatic hydroxyl groups excluding tert-OH is 1. The molecule has 0 unspecified atom stereocenters. The van der Waals surface area contributed by atoms with Gasteiger partial charge in [0.1, 0.15) is 5.75 Å². The molecule has 1 N–H and O–H groups in total. The molecule has 3 aliphatic heterocycles. The van der Waals surface area contributed by atoms with Crippen LogP contribution < -0.4 is 19.7 Å². The van der Waals surface area contributed by atoms with Gasteiger partial charge in [0.15, 0.2) is 5.60 Å². The number of aliphatic hydroxyl groups is 1. The fraction of sp³-hybridized carbons (Fsp3) is 0.429. The van der Waals surface area contributed by atoms with Crippen LogP contribution >= 0.6 is 11.6 Å². The second-order valence-electron chi connectivity index (χ2n) is 12.9. The maximum absolute atomic E-state index is 14.8. The van der Waals surface area contributed by atoms with Crippen molar-refractivity contribution in [2.75, 3.05) is 30.1 Å². The molecule has 3 aromatic rings. The maximum Gasteiger partial charge on any atom is 0.264 e. The SMILES string of the molecule is COc1ccc([Si](C)(C)[C@H]2[C@H](CCO)O[C@@]3(C(=O)N(Cc4cccc(N5CCCCC5=O)c4)c4ccc(Cl)cc43)[C@@H]2C)cc1. The first-order chi connectivity index (χ1) is 21.1. The van der Waals surface area contributed by atoms with Crippen LogP contribution in [0.15, 0.2) is 66.7 Å². The Morgan fingerprint density at radius 1 is 1.07 bits per heavy atom. The van der Waals surface area contributed by atoms with E-state index in [9.17, 15) is 14.7 Å². The van der Waals surface area contributed by atoms with Crippen LogP contribution in [0.3, 0.4) is 0 Å². The minimum atomic E-state index is -2.27. The molecule has 0 aliphatic carbocycles. The van der Waals surface area contributed by atoms with Crippen LogP contribution in [0.2, 0.25) is 23.7 Å². The third-order valence-electron chi connectivity index (χ3n) is 10.1. The minimum absolute atomic E-state index is 0.0284. The summed E-state index contributed by atoms with van der Waals surface area (Å²) in [5.74, 6) is 0.667.